The van der Waals surface area contributed by atoms with Gasteiger partial charge in [-0.05, 0) is 24.3 Å². The number of rotatable bonds is 5. The molecule has 2 heterocycles. The number of fused-ring (bicyclic) bond motifs is 1. The second kappa shape index (κ2) is 6.50. The first kappa shape index (κ1) is 14.4. The number of benzene rings is 1. The molecule has 2 N–H and O–H groups in total. The average molecular weight is 315 g/mol. The molecule has 3 rings (SSSR count). The van der Waals surface area contributed by atoms with Crippen molar-refractivity contribution in [1.29, 1.82) is 0 Å². The highest BCUT2D eigenvalue weighted by atomic mass is 32.1. The number of hydrogen-bond donors (Lipinski definition) is 2. The van der Waals surface area contributed by atoms with E-state index in [1.807, 2.05) is 24.3 Å². The zero-order chi connectivity index (χ0) is 15.4. The minimum absolute atomic E-state index is 0.127. The number of aliphatic hydroxyl groups is 1. The first-order valence-corrected chi connectivity index (χ1v) is 7.40. The molecule has 0 radical (unpaired) electrons. The van der Waals surface area contributed by atoms with Crippen molar-refractivity contribution in [1.82, 2.24) is 9.97 Å². The van der Waals surface area contributed by atoms with E-state index in [9.17, 15) is 4.79 Å². The van der Waals surface area contributed by atoms with Crippen molar-refractivity contribution >= 4 is 32.6 Å². The standard InChI is InChI=1S/C15H13N3O3S/c19-8-10-5-6-11(7-16-10)21-9-14(20)18-15-17-12-3-1-2-4-13(12)22-15/h1-7,19H,8-9H2,(H,17,18,20). The zero-order valence-electron chi connectivity index (χ0n) is 11.5. The predicted molar refractivity (Wildman–Crippen MR) is 83.9 cm³/mol. The van der Waals surface area contributed by atoms with Crippen LogP contribution in [0.2, 0.25) is 0 Å². The van der Waals surface area contributed by atoms with Gasteiger partial charge in [0.15, 0.2) is 11.7 Å². The number of nitrogens with zero attached hydrogens (tertiary/aromatic N) is 2. The van der Waals surface area contributed by atoms with Crippen LogP contribution in [0.25, 0.3) is 10.2 Å². The summed E-state index contributed by atoms with van der Waals surface area (Å²) in [5.74, 6) is 0.182. The van der Waals surface area contributed by atoms with E-state index in [2.05, 4.69) is 15.3 Å². The number of ether oxygens (including phenoxy) is 1. The number of anilines is 1. The number of aromatic nitrogens is 2. The fourth-order valence-electron chi connectivity index (χ4n) is 1.82. The van der Waals surface area contributed by atoms with Gasteiger partial charge in [0.25, 0.3) is 5.91 Å². The van der Waals surface area contributed by atoms with Crippen LogP contribution in [0.3, 0.4) is 0 Å². The van der Waals surface area contributed by atoms with Crippen LogP contribution in [0.4, 0.5) is 5.13 Å². The molecule has 0 saturated heterocycles. The summed E-state index contributed by atoms with van der Waals surface area (Å²) in [6.07, 6.45) is 1.47. The Labute approximate surface area is 130 Å². The van der Waals surface area contributed by atoms with Gasteiger partial charge in [0, 0.05) is 0 Å². The molecule has 0 fully saturated rings. The van der Waals surface area contributed by atoms with E-state index < -0.39 is 0 Å². The number of hydrogen-bond acceptors (Lipinski definition) is 6. The molecule has 7 heteroatoms. The van der Waals surface area contributed by atoms with Crippen molar-refractivity contribution in [2.75, 3.05) is 11.9 Å². The quantitative estimate of drug-likeness (QED) is 0.754. The Kier molecular flexibility index (Phi) is 4.27. The Morgan fingerprint density at radius 2 is 2.14 bits per heavy atom. The molecule has 0 aliphatic carbocycles. The third-order valence-electron chi connectivity index (χ3n) is 2.87. The van der Waals surface area contributed by atoms with Crippen molar-refractivity contribution in [3.63, 3.8) is 0 Å². The second-order valence-electron chi connectivity index (χ2n) is 4.47. The molecule has 1 amide bonds. The fraction of sp³-hybridized carbons (Fsp3) is 0.133. The molecule has 3 aromatic rings. The minimum Gasteiger partial charge on any atom is -0.482 e. The number of thiazole rings is 1. The number of pyridine rings is 1. The van der Waals surface area contributed by atoms with Crippen molar-refractivity contribution in [3.8, 4) is 5.75 Å². The van der Waals surface area contributed by atoms with Crippen LogP contribution >= 0.6 is 11.3 Å². The first-order chi connectivity index (χ1) is 10.7. The monoisotopic (exact) mass is 315 g/mol. The summed E-state index contributed by atoms with van der Waals surface area (Å²) in [5.41, 5.74) is 1.40. The van der Waals surface area contributed by atoms with Gasteiger partial charge >= 0.3 is 0 Å². The van der Waals surface area contributed by atoms with Crippen molar-refractivity contribution in [3.05, 3.63) is 48.3 Å². The normalized spacial score (nSPS) is 10.6. The maximum atomic E-state index is 11.9. The number of para-hydroxylation sites is 1. The second-order valence-corrected chi connectivity index (χ2v) is 5.50. The molecular formula is C15H13N3O3S. The van der Waals surface area contributed by atoms with E-state index in [0.717, 1.165) is 10.2 Å². The predicted octanol–water partition coefficient (Wildman–Crippen LogP) is 2.20. The van der Waals surface area contributed by atoms with Crippen molar-refractivity contribution in [2.45, 2.75) is 6.61 Å². The summed E-state index contributed by atoms with van der Waals surface area (Å²) in [4.78, 5) is 20.1. The Bertz CT molecular complexity index is 753. The van der Waals surface area contributed by atoms with Crippen LogP contribution in [0.15, 0.2) is 42.6 Å². The number of carbonyl (C=O) groups excluding carboxylic acids is 1. The Morgan fingerprint density at radius 3 is 2.86 bits per heavy atom. The van der Waals surface area contributed by atoms with Crippen LogP contribution in [0.1, 0.15) is 5.69 Å². The summed E-state index contributed by atoms with van der Waals surface area (Å²) < 4.78 is 6.35. The third-order valence-corrected chi connectivity index (χ3v) is 3.82. The lowest BCUT2D eigenvalue weighted by atomic mass is 10.3. The maximum absolute atomic E-state index is 11.9. The average Bonchev–Trinajstić information content (AvgIpc) is 2.95. The van der Waals surface area contributed by atoms with Crippen LogP contribution in [0.5, 0.6) is 5.75 Å². The number of amides is 1. The number of aliphatic hydroxyl groups excluding tert-OH is 1. The Hall–Kier alpha value is -2.51. The lowest BCUT2D eigenvalue weighted by Crippen LogP contribution is -2.20. The zero-order valence-corrected chi connectivity index (χ0v) is 12.3. The molecule has 6 nitrogen and oxygen atoms in total. The highest BCUT2D eigenvalue weighted by Gasteiger charge is 2.08. The van der Waals surface area contributed by atoms with E-state index in [4.69, 9.17) is 9.84 Å². The molecule has 0 aliphatic rings. The van der Waals surface area contributed by atoms with Crippen LogP contribution in [-0.4, -0.2) is 27.6 Å². The van der Waals surface area contributed by atoms with Crippen molar-refractivity contribution < 1.29 is 14.6 Å². The van der Waals surface area contributed by atoms with Crippen molar-refractivity contribution in [2.24, 2.45) is 0 Å². The number of nitrogens with one attached hydrogen (secondary N) is 1. The van der Waals surface area contributed by atoms with Gasteiger partial charge in [-0.1, -0.05) is 23.5 Å². The van der Waals surface area contributed by atoms with Gasteiger partial charge in [0.2, 0.25) is 0 Å². The van der Waals surface area contributed by atoms with E-state index in [1.165, 1.54) is 17.5 Å². The SMILES string of the molecule is O=C(COc1ccc(CO)nc1)Nc1nc2ccccc2s1. The molecule has 0 spiro atoms. The van der Waals surface area contributed by atoms with Gasteiger partial charge in [0.05, 0.1) is 28.7 Å². The fourth-order valence-corrected chi connectivity index (χ4v) is 2.70. The molecule has 0 atom stereocenters. The van der Waals surface area contributed by atoms with Gasteiger partial charge in [-0.15, -0.1) is 0 Å². The topological polar surface area (TPSA) is 84.3 Å². The molecule has 0 aliphatic heterocycles. The van der Waals surface area contributed by atoms with E-state index in [1.54, 1.807) is 12.1 Å². The summed E-state index contributed by atoms with van der Waals surface area (Å²) in [6.45, 7) is -0.256. The van der Waals surface area contributed by atoms with Gasteiger partial charge in [0.1, 0.15) is 5.75 Å². The molecule has 2 aromatic heterocycles. The van der Waals surface area contributed by atoms with Gasteiger partial charge in [-0.3, -0.25) is 15.1 Å². The first-order valence-electron chi connectivity index (χ1n) is 6.58. The highest BCUT2D eigenvalue weighted by molar-refractivity contribution is 7.22. The smallest absolute Gasteiger partial charge is 0.264 e. The van der Waals surface area contributed by atoms with Crippen LogP contribution in [0, 0.1) is 0 Å². The molecule has 22 heavy (non-hydrogen) atoms. The molecule has 1 aromatic carbocycles. The van der Waals surface area contributed by atoms with E-state index in [-0.39, 0.29) is 19.1 Å². The molecule has 0 bridgehead atoms. The van der Waals surface area contributed by atoms with Crippen LogP contribution < -0.4 is 10.1 Å². The van der Waals surface area contributed by atoms with Crippen LogP contribution in [-0.2, 0) is 11.4 Å². The maximum Gasteiger partial charge on any atom is 0.264 e. The summed E-state index contributed by atoms with van der Waals surface area (Å²) in [7, 11) is 0. The molecule has 0 unspecified atom stereocenters. The summed E-state index contributed by atoms with van der Waals surface area (Å²) in [6, 6.07) is 11.0. The summed E-state index contributed by atoms with van der Waals surface area (Å²) >= 11 is 1.41. The molecule has 112 valence electrons. The Morgan fingerprint density at radius 1 is 1.27 bits per heavy atom. The Balaban J connectivity index is 1.57. The van der Waals surface area contributed by atoms with Gasteiger partial charge in [-0.2, -0.15) is 0 Å². The lowest BCUT2D eigenvalue weighted by molar-refractivity contribution is -0.118. The molecule has 0 saturated carbocycles. The third kappa shape index (κ3) is 3.38. The largest absolute Gasteiger partial charge is 0.482 e. The van der Waals surface area contributed by atoms with Gasteiger partial charge in [-0.25, -0.2) is 4.98 Å². The minimum atomic E-state index is -0.287. The highest BCUT2D eigenvalue weighted by Crippen LogP contribution is 2.25. The molecular weight excluding hydrogens is 302 g/mol. The number of carbonyl (C=O) groups is 1. The van der Waals surface area contributed by atoms with Gasteiger partial charge < -0.3 is 9.84 Å². The summed E-state index contributed by atoms with van der Waals surface area (Å²) in [5, 5.41) is 12.1. The lowest BCUT2D eigenvalue weighted by Gasteiger charge is -2.05. The van der Waals surface area contributed by atoms with E-state index in [0.29, 0.717) is 16.6 Å². The van der Waals surface area contributed by atoms with E-state index >= 15 is 0 Å².